The van der Waals surface area contributed by atoms with Crippen LogP contribution in [0.15, 0.2) is 45.1 Å². The van der Waals surface area contributed by atoms with Gasteiger partial charge in [0, 0.05) is 19.8 Å². The molecule has 160 valence electrons. The van der Waals surface area contributed by atoms with E-state index in [1.807, 2.05) is 26.0 Å². The van der Waals surface area contributed by atoms with Gasteiger partial charge in [-0.3, -0.25) is 13.9 Å². The zero-order valence-corrected chi connectivity index (χ0v) is 18.1. The summed E-state index contributed by atoms with van der Waals surface area (Å²) in [6.45, 7) is 5.92. The molecule has 0 aliphatic carbocycles. The smallest absolute Gasteiger partial charge is 0.336 e. The predicted molar refractivity (Wildman–Crippen MR) is 114 cm³/mol. The van der Waals surface area contributed by atoms with Crippen LogP contribution >= 0.6 is 0 Å². The number of carbonyl (C=O) groups is 1. The Kier molecular flexibility index (Phi) is 5.87. The third-order valence-corrected chi connectivity index (χ3v) is 5.20. The third-order valence-electron chi connectivity index (χ3n) is 5.20. The van der Waals surface area contributed by atoms with Gasteiger partial charge in [-0.05, 0) is 30.5 Å². The van der Waals surface area contributed by atoms with Crippen LogP contribution in [0, 0.1) is 5.92 Å². The highest BCUT2D eigenvalue weighted by molar-refractivity contribution is 5.94. The van der Waals surface area contributed by atoms with E-state index in [2.05, 4.69) is 5.32 Å². The standard InChI is InChI=1S/C22H27N3O5/c1-12(2)11-30-21(27)16-13(3)23-19-18(20(26)25(5)22(28)24(19)4)17(16)14-7-9-15(29-6)10-8-14/h7-10,12,17,23H,11H2,1-6H3. The molecule has 0 spiro atoms. The number of carbonyl (C=O) groups excluding carboxylic acids is 1. The minimum atomic E-state index is -0.683. The van der Waals surface area contributed by atoms with Gasteiger partial charge in [0.25, 0.3) is 5.56 Å². The highest BCUT2D eigenvalue weighted by Crippen LogP contribution is 2.40. The van der Waals surface area contributed by atoms with Crippen molar-refractivity contribution in [2.24, 2.45) is 20.0 Å². The summed E-state index contributed by atoms with van der Waals surface area (Å²) in [5.41, 5.74) is 1.04. The lowest BCUT2D eigenvalue weighted by molar-refractivity contribution is -0.140. The van der Waals surface area contributed by atoms with Gasteiger partial charge >= 0.3 is 11.7 Å². The van der Waals surface area contributed by atoms with E-state index in [4.69, 9.17) is 9.47 Å². The fourth-order valence-corrected chi connectivity index (χ4v) is 3.61. The minimum absolute atomic E-state index is 0.173. The van der Waals surface area contributed by atoms with Gasteiger partial charge in [0.05, 0.1) is 30.8 Å². The first-order valence-electron chi connectivity index (χ1n) is 9.76. The first-order valence-corrected chi connectivity index (χ1v) is 9.76. The SMILES string of the molecule is COc1ccc(C2C(C(=O)OCC(C)C)=C(C)Nc3c2c(=O)n(C)c(=O)n3C)cc1. The maximum atomic E-state index is 13.1. The van der Waals surface area contributed by atoms with E-state index in [1.165, 1.54) is 11.6 Å². The summed E-state index contributed by atoms with van der Waals surface area (Å²) in [5, 5.41) is 3.08. The molecule has 1 aromatic carbocycles. The van der Waals surface area contributed by atoms with Crippen LogP contribution in [0.4, 0.5) is 5.82 Å². The van der Waals surface area contributed by atoms with Gasteiger partial charge in [-0.25, -0.2) is 9.59 Å². The van der Waals surface area contributed by atoms with Gasteiger partial charge in [-0.1, -0.05) is 26.0 Å². The predicted octanol–water partition coefficient (Wildman–Crippen LogP) is 2.12. The maximum Gasteiger partial charge on any atom is 0.336 e. The molecule has 0 saturated carbocycles. The van der Waals surface area contributed by atoms with E-state index in [-0.39, 0.29) is 12.5 Å². The number of hydrogen-bond acceptors (Lipinski definition) is 6. The van der Waals surface area contributed by atoms with Crippen molar-refractivity contribution in [2.75, 3.05) is 19.0 Å². The molecule has 0 bridgehead atoms. The van der Waals surface area contributed by atoms with E-state index in [9.17, 15) is 14.4 Å². The molecule has 8 heteroatoms. The molecule has 2 heterocycles. The average molecular weight is 413 g/mol. The number of fused-ring (bicyclic) bond motifs is 1. The summed E-state index contributed by atoms with van der Waals surface area (Å²) >= 11 is 0. The molecule has 3 rings (SSSR count). The van der Waals surface area contributed by atoms with Crippen LogP contribution in [0.5, 0.6) is 5.75 Å². The number of hydrogen-bond donors (Lipinski definition) is 1. The van der Waals surface area contributed by atoms with Gasteiger partial charge in [0.15, 0.2) is 0 Å². The summed E-state index contributed by atoms with van der Waals surface area (Å²) in [6, 6.07) is 7.17. The number of esters is 1. The summed E-state index contributed by atoms with van der Waals surface area (Å²) in [4.78, 5) is 38.6. The topological polar surface area (TPSA) is 91.6 Å². The second-order valence-electron chi connectivity index (χ2n) is 7.83. The molecule has 8 nitrogen and oxygen atoms in total. The fourth-order valence-electron chi connectivity index (χ4n) is 3.61. The molecule has 1 aliphatic heterocycles. The van der Waals surface area contributed by atoms with Crippen LogP contribution in [0.3, 0.4) is 0 Å². The van der Waals surface area contributed by atoms with Crippen LogP contribution in [-0.4, -0.2) is 28.8 Å². The van der Waals surface area contributed by atoms with E-state index < -0.39 is 23.1 Å². The maximum absolute atomic E-state index is 13.1. The van der Waals surface area contributed by atoms with Crippen molar-refractivity contribution in [3.63, 3.8) is 0 Å². The highest BCUT2D eigenvalue weighted by atomic mass is 16.5. The van der Waals surface area contributed by atoms with Crippen molar-refractivity contribution in [2.45, 2.75) is 26.7 Å². The number of ether oxygens (including phenoxy) is 2. The Morgan fingerprint density at radius 2 is 1.77 bits per heavy atom. The van der Waals surface area contributed by atoms with E-state index in [0.717, 1.165) is 10.1 Å². The van der Waals surface area contributed by atoms with E-state index in [0.29, 0.717) is 28.4 Å². The number of nitrogens with one attached hydrogen (secondary N) is 1. The number of benzene rings is 1. The van der Waals surface area contributed by atoms with Crippen LogP contribution in [0.2, 0.25) is 0 Å². The van der Waals surface area contributed by atoms with E-state index in [1.54, 1.807) is 33.2 Å². The highest BCUT2D eigenvalue weighted by Gasteiger charge is 2.37. The largest absolute Gasteiger partial charge is 0.497 e. The lowest BCUT2D eigenvalue weighted by Gasteiger charge is -2.31. The number of rotatable bonds is 5. The minimum Gasteiger partial charge on any atom is -0.497 e. The molecule has 1 unspecified atom stereocenters. The Morgan fingerprint density at radius 1 is 1.13 bits per heavy atom. The Labute approximate surface area is 174 Å². The summed E-state index contributed by atoms with van der Waals surface area (Å²) in [6.07, 6.45) is 0. The Balaban J connectivity index is 2.26. The average Bonchev–Trinajstić information content (AvgIpc) is 2.73. The van der Waals surface area contributed by atoms with Gasteiger partial charge < -0.3 is 14.8 Å². The summed E-state index contributed by atoms with van der Waals surface area (Å²) in [5.74, 6) is 0.0351. The van der Waals surface area contributed by atoms with Gasteiger partial charge in [-0.15, -0.1) is 0 Å². The Morgan fingerprint density at radius 3 is 2.33 bits per heavy atom. The molecule has 0 amide bonds. The first-order chi connectivity index (χ1) is 14.2. The number of methoxy groups -OCH3 is 1. The van der Waals surface area contributed by atoms with Gasteiger partial charge in [0.1, 0.15) is 11.6 Å². The van der Waals surface area contributed by atoms with Crippen LogP contribution in [-0.2, 0) is 23.6 Å². The molecule has 1 atom stereocenters. The van der Waals surface area contributed by atoms with Crippen LogP contribution in [0.1, 0.15) is 37.8 Å². The Hall–Kier alpha value is -3.29. The van der Waals surface area contributed by atoms with Gasteiger partial charge in [0.2, 0.25) is 0 Å². The Bertz CT molecular complexity index is 1120. The third kappa shape index (κ3) is 3.65. The number of aromatic nitrogens is 2. The van der Waals surface area contributed by atoms with Gasteiger partial charge in [-0.2, -0.15) is 0 Å². The number of anilines is 1. The molecule has 0 fully saturated rings. The zero-order valence-electron chi connectivity index (χ0n) is 18.1. The van der Waals surface area contributed by atoms with Crippen molar-refractivity contribution in [1.82, 2.24) is 9.13 Å². The molecular weight excluding hydrogens is 386 g/mol. The molecule has 2 aromatic rings. The molecule has 1 N–H and O–H groups in total. The lowest BCUT2D eigenvalue weighted by Crippen LogP contribution is -2.43. The molecule has 1 aliphatic rings. The fraction of sp³-hybridized carbons (Fsp3) is 0.409. The van der Waals surface area contributed by atoms with Crippen molar-refractivity contribution >= 4 is 11.8 Å². The van der Waals surface area contributed by atoms with Crippen molar-refractivity contribution in [3.8, 4) is 5.75 Å². The van der Waals surface area contributed by atoms with Crippen molar-refractivity contribution < 1.29 is 14.3 Å². The van der Waals surface area contributed by atoms with Crippen LogP contribution < -0.4 is 21.3 Å². The normalized spacial score (nSPS) is 15.6. The molecule has 30 heavy (non-hydrogen) atoms. The quantitative estimate of drug-likeness (QED) is 0.755. The first kappa shape index (κ1) is 21.4. The zero-order chi connectivity index (χ0) is 22.2. The summed E-state index contributed by atoms with van der Waals surface area (Å²) < 4.78 is 13.2. The van der Waals surface area contributed by atoms with Crippen molar-refractivity contribution in [3.05, 3.63) is 67.5 Å². The van der Waals surface area contributed by atoms with E-state index >= 15 is 0 Å². The lowest BCUT2D eigenvalue weighted by atomic mass is 9.82. The van der Waals surface area contributed by atoms with Crippen molar-refractivity contribution in [1.29, 1.82) is 0 Å². The monoisotopic (exact) mass is 413 g/mol. The molecule has 0 radical (unpaired) electrons. The molecular formula is C22H27N3O5. The summed E-state index contributed by atoms with van der Waals surface area (Å²) in [7, 11) is 4.59. The second-order valence-corrected chi connectivity index (χ2v) is 7.83. The molecule has 1 aromatic heterocycles. The number of nitrogens with zero attached hydrogens (tertiary/aromatic N) is 2. The second kappa shape index (κ2) is 8.22. The molecule has 0 saturated heterocycles. The van der Waals surface area contributed by atoms with Crippen LogP contribution in [0.25, 0.3) is 0 Å². The number of allylic oxidation sites excluding steroid dienone is 1.